The number of hydrogen-bond acceptors (Lipinski definition) is 0. The summed E-state index contributed by atoms with van der Waals surface area (Å²) in [6.07, 6.45) is 0. The topological polar surface area (TPSA) is 1140 Å². The molecule has 0 aliphatic heterocycles. The molecule has 70 heavy (non-hydrogen) atoms. The molecule has 0 fully saturated rings. The molecule has 0 aromatic rings. The van der Waals surface area contributed by atoms with Crippen molar-refractivity contribution in [1.82, 2.24) is 0 Å². The van der Waals surface area contributed by atoms with Crippen LogP contribution in [0.15, 0.2) is 0 Å². The Morgan fingerprint density at radius 3 is 0.0286 bits per heavy atom. The largest absolute Gasteiger partial charge is 2.00 e. The first-order valence-electron chi connectivity index (χ1n) is 0. The Balaban J connectivity index is 0. The second-order valence-corrected chi connectivity index (χ2v) is 0. The monoisotopic (exact) mass is 1330 g/mol. The van der Waals surface area contributed by atoms with Gasteiger partial charge in [0.25, 0.3) is 0 Å². The minimum atomic E-state index is 0. The van der Waals surface area contributed by atoms with Crippen molar-refractivity contribution in [2.45, 2.75) is 0 Å². The summed E-state index contributed by atoms with van der Waals surface area (Å²) < 4.78 is 0. The minimum Gasteiger partial charge on any atom is -2.00 e. The van der Waals surface area contributed by atoms with Crippen LogP contribution in [0.4, 0.5) is 0 Å². The maximum Gasteiger partial charge on any atom is 1.00 e. The molecule has 0 aliphatic carbocycles. The molecule has 0 unspecified atom stereocenters. The van der Waals surface area contributed by atoms with Crippen LogP contribution in [0.5, 0.6) is 0 Å². The summed E-state index contributed by atoms with van der Waals surface area (Å²) in [7, 11) is 0. The minimum absolute atomic E-state index is 0. The van der Waals surface area contributed by atoms with Gasteiger partial charge in [0.2, 0.25) is 0 Å². The van der Waals surface area contributed by atoms with E-state index in [1.165, 1.54) is 0 Å². The SMILES string of the molecule is [Na+].[Na+].[Na+].[Na+].[Na+].[Na+].[Na+].[Na+].[Na+].[Na+].[Na+].[Na+].[Na+].[Na+].[Na+].[Na+].[Na+].[Na+].[Na+].[Na+].[Na+].[Na+].[Na+].[Na+].[Na+].[Na+].[Na+].[Na+].[Na+].[Na+].[O-2].[O-2].[O-2].[O-2].[O-2].[O-2].[O-2].[O-2].[O-2].[O-2].[O-2].[O-2].[O-2].[O-2].[O-2].[O-2].[O-2].[O-2].[O-2].[O-2].[O-2].[O-2].[O-2].[O-2].[O-2].[O-2].[O-2].[O-2].[O-2].[O-2].[O-2].[O-2].[O-2].[O-2].[O-2].[O-2].[O-2].[O-2].[O-2].[O-2]. The third-order valence-corrected chi connectivity index (χ3v) is 0. The van der Waals surface area contributed by atoms with Crippen LogP contribution in [0, 0.1) is 0 Å². The fourth-order valence-electron chi connectivity index (χ4n) is 0. The van der Waals surface area contributed by atoms with E-state index in [9.17, 15) is 0 Å². The van der Waals surface area contributed by atoms with Crippen molar-refractivity contribution in [1.29, 1.82) is 0 Å². The summed E-state index contributed by atoms with van der Waals surface area (Å²) in [5.74, 6) is 0. The molecule has 0 amide bonds. The molecule has 0 aromatic heterocycles. The van der Waals surface area contributed by atoms with Gasteiger partial charge in [-0.15, -0.1) is 0 Å². The van der Waals surface area contributed by atoms with E-state index >= 15 is 0 Å². The molecule has 0 saturated carbocycles. The van der Waals surface area contributed by atoms with Gasteiger partial charge in [-0.05, 0) is 0 Å². The molecule has 70 heteroatoms. The Labute approximate surface area is 1070 Å². The normalized spacial score (nSPS) is 0. The smallest absolute Gasteiger partial charge is 1.00 e. The number of hydrogen-bond donors (Lipinski definition) is 0. The van der Waals surface area contributed by atoms with Gasteiger partial charge in [-0.1, -0.05) is 0 Å². The quantitative estimate of drug-likeness (QED) is 0.204. The van der Waals surface area contributed by atoms with Crippen LogP contribution < -0.4 is 887 Å². The summed E-state index contributed by atoms with van der Waals surface area (Å²) in [6.45, 7) is 0. The van der Waals surface area contributed by atoms with Crippen molar-refractivity contribution in [2.24, 2.45) is 0 Å². The van der Waals surface area contributed by atoms with Gasteiger partial charge in [-0.3, -0.25) is 0 Å². The second-order valence-electron chi connectivity index (χ2n) is 0. The summed E-state index contributed by atoms with van der Waals surface area (Å²) in [5.41, 5.74) is 0. The summed E-state index contributed by atoms with van der Waals surface area (Å²) in [6, 6.07) is 0. The zero-order chi connectivity index (χ0) is 0. The molecule has 0 saturated heterocycles. The molecule has 0 rings (SSSR count). The van der Waals surface area contributed by atoms with E-state index in [0.29, 0.717) is 0 Å². The maximum absolute atomic E-state index is 0. The Bertz CT molecular complexity index is 69.0. The molecule has 40 nitrogen and oxygen atoms in total. The van der Waals surface area contributed by atoms with Crippen LogP contribution in [-0.4, -0.2) is 0 Å². The van der Waals surface area contributed by atoms with Gasteiger partial charge in [0.15, 0.2) is 0 Å². The van der Waals surface area contributed by atoms with Crippen LogP contribution in [0.25, 0.3) is 0 Å². The third kappa shape index (κ3) is 1090. The molecule has 0 N–H and O–H groups in total. The molecule has 0 atom stereocenters. The molecular weight excluding hydrogens is 1330 g/mol. The van der Waals surface area contributed by atoms with Crippen LogP contribution in [0.1, 0.15) is 0 Å². The Hall–Kier alpha value is 28.4. The Morgan fingerprint density at radius 1 is 0.0286 bits per heavy atom. The van der Waals surface area contributed by atoms with E-state index < -0.39 is 0 Å². The maximum atomic E-state index is 0. The van der Waals surface area contributed by atoms with Gasteiger partial charge >= 0.3 is 887 Å². The molecule has 0 radical (unpaired) electrons. The summed E-state index contributed by atoms with van der Waals surface area (Å²) in [4.78, 5) is 0. The van der Waals surface area contributed by atoms with Crippen molar-refractivity contribution >= 4 is 0 Å². The fraction of sp³-hybridized carbons (Fsp3) is 0. The van der Waals surface area contributed by atoms with Gasteiger partial charge < -0.3 is 219 Å². The van der Waals surface area contributed by atoms with Crippen molar-refractivity contribution in [3.05, 3.63) is 0 Å². The standard InChI is InChI=1S/30Na.40O/q30*+1;40*-2. The molecule has 0 aromatic carbocycles. The van der Waals surface area contributed by atoms with Crippen LogP contribution in [0.3, 0.4) is 0 Å². The zero-order valence-electron chi connectivity index (χ0n) is 46.3. The van der Waals surface area contributed by atoms with E-state index in [1.807, 2.05) is 0 Å². The average Bonchev–Trinajstić information content (AvgIpc) is 0. The molecule has 0 spiro atoms. The fourth-order valence-corrected chi connectivity index (χ4v) is 0. The summed E-state index contributed by atoms with van der Waals surface area (Å²) >= 11 is 0. The van der Waals surface area contributed by atoms with Crippen molar-refractivity contribution < 1.29 is 1110 Å². The van der Waals surface area contributed by atoms with Gasteiger partial charge in [0, 0.05) is 0 Å². The Kier molecular flexibility index (Phi) is 18600. The predicted octanol–water partition coefficient (Wildman–Crippen LogP) is -94.6. The van der Waals surface area contributed by atoms with Gasteiger partial charge in [-0.2, -0.15) is 0 Å². The van der Waals surface area contributed by atoms with Crippen LogP contribution >= 0.6 is 0 Å². The van der Waals surface area contributed by atoms with Gasteiger partial charge in [-0.25, -0.2) is 0 Å². The van der Waals surface area contributed by atoms with E-state index in [0.717, 1.165) is 0 Å². The van der Waals surface area contributed by atoms with E-state index in [1.54, 1.807) is 0 Å². The zero-order valence-corrected chi connectivity index (χ0v) is 106. The first kappa shape index (κ1) is 1160. The van der Waals surface area contributed by atoms with E-state index in [2.05, 4.69) is 0 Å². The first-order chi connectivity index (χ1) is 0. The molecule has 0 heterocycles. The Morgan fingerprint density at radius 2 is 0.0286 bits per heavy atom. The second kappa shape index (κ2) is 1120. The number of rotatable bonds is 0. The van der Waals surface area contributed by atoms with E-state index in [4.69, 9.17) is 0 Å². The summed E-state index contributed by atoms with van der Waals surface area (Å²) in [5, 5.41) is 0. The molecule has 0 bridgehead atoms. The average molecular weight is 1330 g/mol. The first-order valence-corrected chi connectivity index (χ1v) is 0. The van der Waals surface area contributed by atoms with Crippen molar-refractivity contribution in [3.63, 3.8) is 0 Å². The van der Waals surface area contributed by atoms with Crippen molar-refractivity contribution in [2.75, 3.05) is 0 Å². The third-order valence-electron chi connectivity index (χ3n) is 0. The van der Waals surface area contributed by atoms with Gasteiger partial charge in [0.1, 0.15) is 0 Å². The van der Waals surface area contributed by atoms with Crippen molar-refractivity contribution in [3.8, 4) is 0 Å². The molecule has 320 valence electrons. The van der Waals surface area contributed by atoms with Crippen LogP contribution in [0.2, 0.25) is 0 Å². The van der Waals surface area contributed by atoms with Crippen LogP contribution in [-0.2, 0) is 219 Å². The van der Waals surface area contributed by atoms with Gasteiger partial charge in [0.05, 0.1) is 0 Å². The predicted molar refractivity (Wildman–Crippen MR) is 27.5 cm³/mol. The molecule has 0 aliphatic rings. The molecular formula is Na30O40-50. The van der Waals surface area contributed by atoms with E-state index in [-0.39, 0.29) is 1110 Å².